The zero-order valence-corrected chi connectivity index (χ0v) is 12.2. The number of hydrogen-bond acceptors (Lipinski definition) is 4. The van der Waals surface area contributed by atoms with E-state index in [9.17, 15) is 9.59 Å². The molecule has 2 N–H and O–H groups in total. The van der Waals surface area contributed by atoms with Crippen LogP contribution in [-0.2, 0) is 9.53 Å². The molecule has 2 aliphatic heterocycles. The number of ether oxygens (including phenoxy) is 1. The topological polar surface area (TPSA) is 75.9 Å². The van der Waals surface area contributed by atoms with Crippen LogP contribution in [0, 0.1) is 5.92 Å². The molecule has 2 fully saturated rings. The number of likely N-dealkylation sites (tertiary alicyclic amines) is 2. The maximum Gasteiger partial charge on any atom is 0.409 e. The zero-order chi connectivity index (χ0) is 14.5. The Morgan fingerprint density at radius 3 is 2.20 bits per heavy atom. The van der Waals surface area contributed by atoms with Gasteiger partial charge in [-0.25, -0.2) is 4.79 Å². The minimum atomic E-state index is -0.196. The highest BCUT2D eigenvalue weighted by molar-refractivity contribution is 5.76. The lowest BCUT2D eigenvalue weighted by Crippen LogP contribution is -2.50. The molecule has 0 unspecified atom stereocenters. The van der Waals surface area contributed by atoms with Crippen LogP contribution in [0.3, 0.4) is 0 Å². The third-order valence-corrected chi connectivity index (χ3v) is 4.44. The van der Waals surface area contributed by atoms with Crippen molar-refractivity contribution in [2.75, 3.05) is 32.8 Å². The van der Waals surface area contributed by atoms with E-state index in [0.717, 1.165) is 51.9 Å². The first-order chi connectivity index (χ1) is 9.61. The van der Waals surface area contributed by atoms with Crippen LogP contribution in [0.15, 0.2) is 0 Å². The number of piperidine rings is 2. The predicted octanol–water partition coefficient (Wildman–Crippen LogP) is 0.805. The molecule has 2 rings (SSSR count). The molecule has 0 aromatic rings. The van der Waals surface area contributed by atoms with Crippen molar-refractivity contribution >= 4 is 12.0 Å². The van der Waals surface area contributed by atoms with Crippen molar-refractivity contribution in [3.05, 3.63) is 0 Å². The minimum Gasteiger partial charge on any atom is -0.450 e. The maximum atomic E-state index is 11.6. The molecule has 2 aliphatic rings. The second kappa shape index (κ2) is 6.92. The van der Waals surface area contributed by atoms with Crippen molar-refractivity contribution in [3.63, 3.8) is 0 Å². The molecule has 0 aliphatic carbocycles. The summed E-state index contributed by atoms with van der Waals surface area (Å²) in [4.78, 5) is 27.0. The normalized spacial score (nSPS) is 22.8. The van der Waals surface area contributed by atoms with E-state index in [1.165, 1.54) is 0 Å². The van der Waals surface area contributed by atoms with Crippen LogP contribution >= 0.6 is 0 Å². The Labute approximate surface area is 120 Å². The lowest BCUT2D eigenvalue weighted by Gasteiger charge is -2.41. The Morgan fingerprint density at radius 1 is 1.10 bits per heavy atom. The zero-order valence-electron chi connectivity index (χ0n) is 12.2. The van der Waals surface area contributed by atoms with Gasteiger partial charge in [-0.3, -0.25) is 4.79 Å². The van der Waals surface area contributed by atoms with E-state index < -0.39 is 0 Å². The smallest absolute Gasteiger partial charge is 0.409 e. The number of nitrogens with two attached hydrogens (primary N) is 1. The molecule has 0 bridgehead atoms. The van der Waals surface area contributed by atoms with Gasteiger partial charge in [0.25, 0.3) is 0 Å². The van der Waals surface area contributed by atoms with Crippen LogP contribution in [0.2, 0.25) is 0 Å². The number of carbonyl (C=O) groups is 2. The van der Waals surface area contributed by atoms with Gasteiger partial charge in [0, 0.05) is 25.0 Å². The summed E-state index contributed by atoms with van der Waals surface area (Å²) in [7, 11) is 0. The molecule has 0 spiro atoms. The third kappa shape index (κ3) is 3.62. The monoisotopic (exact) mass is 283 g/mol. The van der Waals surface area contributed by atoms with Crippen molar-refractivity contribution in [2.24, 2.45) is 11.7 Å². The van der Waals surface area contributed by atoms with E-state index in [-0.39, 0.29) is 17.9 Å². The molecule has 0 saturated carbocycles. The summed E-state index contributed by atoms with van der Waals surface area (Å²) in [6, 6.07) is 0.523. The average molecular weight is 283 g/mol. The number of carbonyl (C=O) groups excluding carboxylic acids is 2. The van der Waals surface area contributed by atoms with Gasteiger partial charge in [0.05, 0.1) is 6.61 Å². The van der Waals surface area contributed by atoms with E-state index in [0.29, 0.717) is 12.6 Å². The summed E-state index contributed by atoms with van der Waals surface area (Å²) in [6.07, 6.45) is 3.51. The number of rotatable bonds is 3. The molecule has 0 aromatic heterocycles. The van der Waals surface area contributed by atoms with Crippen molar-refractivity contribution in [3.8, 4) is 0 Å². The molecule has 6 heteroatoms. The van der Waals surface area contributed by atoms with E-state index >= 15 is 0 Å². The van der Waals surface area contributed by atoms with E-state index in [2.05, 4.69) is 4.90 Å². The van der Waals surface area contributed by atoms with Gasteiger partial charge in [0.2, 0.25) is 5.91 Å². The highest BCUT2D eigenvalue weighted by atomic mass is 16.6. The SMILES string of the molecule is CCOC(=O)N1CCC(N2CCC(C(N)=O)CC2)CC1. The lowest BCUT2D eigenvalue weighted by atomic mass is 9.93. The van der Waals surface area contributed by atoms with Gasteiger partial charge in [-0.05, 0) is 45.7 Å². The molecule has 0 aromatic carbocycles. The fraction of sp³-hybridized carbons (Fsp3) is 0.857. The molecule has 0 atom stereocenters. The Balaban J connectivity index is 1.75. The lowest BCUT2D eigenvalue weighted by molar-refractivity contribution is -0.123. The van der Waals surface area contributed by atoms with Gasteiger partial charge in [-0.1, -0.05) is 0 Å². The molecule has 114 valence electrons. The van der Waals surface area contributed by atoms with Gasteiger partial charge in [0.1, 0.15) is 0 Å². The van der Waals surface area contributed by atoms with Crippen molar-refractivity contribution < 1.29 is 14.3 Å². The van der Waals surface area contributed by atoms with Crippen LogP contribution < -0.4 is 5.73 Å². The Bertz CT molecular complexity index is 346. The summed E-state index contributed by atoms with van der Waals surface area (Å²) in [5.74, 6) is -0.118. The summed E-state index contributed by atoms with van der Waals surface area (Å²) in [6.45, 7) is 5.67. The summed E-state index contributed by atoms with van der Waals surface area (Å²) >= 11 is 0. The third-order valence-electron chi connectivity index (χ3n) is 4.44. The number of nitrogens with zero attached hydrogens (tertiary/aromatic N) is 2. The first kappa shape index (κ1) is 15.1. The molecular formula is C14H25N3O3. The van der Waals surface area contributed by atoms with Crippen LogP contribution in [0.4, 0.5) is 4.79 Å². The Hall–Kier alpha value is -1.30. The summed E-state index contributed by atoms with van der Waals surface area (Å²) < 4.78 is 5.02. The second-order valence-corrected chi connectivity index (χ2v) is 5.63. The van der Waals surface area contributed by atoms with Gasteiger partial charge in [0.15, 0.2) is 0 Å². The number of hydrogen-bond donors (Lipinski definition) is 1. The average Bonchev–Trinajstić information content (AvgIpc) is 2.48. The first-order valence-electron chi connectivity index (χ1n) is 7.57. The molecule has 2 heterocycles. The summed E-state index contributed by atoms with van der Waals surface area (Å²) in [5.41, 5.74) is 5.36. The van der Waals surface area contributed by atoms with Crippen LogP contribution in [0.1, 0.15) is 32.6 Å². The minimum absolute atomic E-state index is 0.0471. The fourth-order valence-corrected chi connectivity index (χ4v) is 3.18. The standard InChI is InChI=1S/C14H25N3O3/c1-2-20-14(19)17-9-5-12(6-10-17)16-7-3-11(4-8-16)13(15)18/h11-12H,2-10H2,1H3,(H2,15,18). The van der Waals surface area contributed by atoms with Gasteiger partial charge in [-0.2, -0.15) is 0 Å². The summed E-state index contributed by atoms with van der Waals surface area (Å²) in [5, 5.41) is 0. The van der Waals surface area contributed by atoms with Crippen LogP contribution in [0.25, 0.3) is 0 Å². The maximum absolute atomic E-state index is 11.6. The number of amides is 2. The van der Waals surface area contributed by atoms with E-state index in [1.54, 1.807) is 4.90 Å². The second-order valence-electron chi connectivity index (χ2n) is 5.63. The predicted molar refractivity (Wildman–Crippen MR) is 75.1 cm³/mol. The van der Waals surface area contributed by atoms with Crippen molar-refractivity contribution in [1.29, 1.82) is 0 Å². The first-order valence-corrected chi connectivity index (χ1v) is 7.57. The molecule has 2 saturated heterocycles. The highest BCUT2D eigenvalue weighted by Gasteiger charge is 2.31. The Morgan fingerprint density at radius 2 is 1.70 bits per heavy atom. The number of primary amides is 1. The molecule has 0 radical (unpaired) electrons. The molecule has 20 heavy (non-hydrogen) atoms. The van der Waals surface area contributed by atoms with Crippen molar-refractivity contribution in [2.45, 2.75) is 38.6 Å². The fourth-order valence-electron chi connectivity index (χ4n) is 3.18. The van der Waals surface area contributed by atoms with Crippen LogP contribution in [0.5, 0.6) is 0 Å². The van der Waals surface area contributed by atoms with Crippen molar-refractivity contribution in [1.82, 2.24) is 9.80 Å². The van der Waals surface area contributed by atoms with Crippen LogP contribution in [-0.4, -0.2) is 60.6 Å². The van der Waals surface area contributed by atoms with Gasteiger partial charge >= 0.3 is 6.09 Å². The largest absolute Gasteiger partial charge is 0.450 e. The van der Waals surface area contributed by atoms with Gasteiger partial charge < -0.3 is 20.3 Å². The quantitative estimate of drug-likeness (QED) is 0.831. The van der Waals surface area contributed by atoms with E-state index in [4.69, 9.17) is 10.5 Å². The van der Waals surface area contributed by atoms with E-state index in [1.807, 2.05) is 6.92 Å². The highest BCUT2D eigenvalue weighted by Crippen LogP contribution is 2.23. The molecule has 2 amide bonds. The molecular weight excluding hydrogens is 258 g/mol. The van der Waals surface area contributed by atoms with Gasteiger partial charge in [-0.15, -0.1) is 0 Å². The molecule has 6 nitrogen and oxygen atoms in total. The Kier molecular flexibility index (Phi) is 5.23.